The van der Waals surface area contributed by atoms with Crippen LogP contribution in [0.15, 0.2) is 24.3 Å². The fourth-order valence-electron chi connectivity index (χ4n) is 1.18. The molecule has 1 aromatic rings. The fourth-order valence-corrected chi connectivity index (χ4v) is 1.38. The summed E-state index contributed by atoms with van der Waals surface area (Å²) < 4.78 is 57.5. The second-order valence-corrected chi connectivity index (χ2v) is 5.60. The molecule has 1 aromatic carbocycles. The van der Waals surface area contributed by atoms with Gasteiger partial charge in [0.05, 0.1) is 0 Å². The lowest BCUT2D eigenvalue weighted by atomic mass is 10.1. The summed E-state index contributed by atoms with van der Waals surface area (Å²) in [5, 5.41) is 0.865. The largest absolute Gasteiger partial charge is 0.522 e. The van der Waals surface area contributed by atoms with E-state index in [-0.39, 0.29) is 0 Å². The van der Waals surface area contributed by atoms with Crippen molar-refractivity contribution in [2.45, 2.75) is 24.3 Å². The van der Waals surface area contributed by atoms with E-state index in [9.17, 15) is 13.2 Å². The van der Waals surface area contributed by atoms with Gasteiger partial charge in [-0.3, -0.25) is 4.55 Å². The number of halogens is 4. The molecule has 0 bridgehead atoms. The molecule has 0 unspecified atom stereocenters. The van der Waals surface area contributed by atoms with Crippen molar-refractivity contribution in [1.82, 2.24) is 0 Å². The third-order valence-corrected chi connectivity index (χ3v) is 3.01. The van der Waals surface area contributed by atoms with Crippen molar-refractivity contribution in [3.05, 3.63) is 34.9 Å². The van der Waals surface area contributed by atoms with Crippen LogP contribution in [0.2, 0.25) is 5.02 Å². The summed E-state index contributed by atoms with van der Waals surface area (Å²) in [6, 6.07) is 8.17. The minimum Gasteiger partial charge on any atom is -0.279 e. The molecule has 0 saturated heterocycles. The van der Waals surface area contributed by atoms with Crippen LogP contribution in [0, 0.1) is 0 Å². The van der Waals surface area contributed by atoms with Gasteiger partial charge in [-0.2, -0.15) is 21.6 Å². The van der Waals surface area contributed by atoms with Crippen LogP contribution in [0.5, 0.6) is 0 Å². The Hall–Kier alpha value is -0.790. The van der Waals surface area contributed by atoms with Gasteiger partial charge in [0.25, 0.3) is 0 Å². The summed E-state index contributed by atoms with van der Waals surface area (Å²) >= 11 is 5.82. The van der Waals surface area contributed by atoms with Gasteiger partial charge in [0.1, 0.15) is 0 Å². The summed E-state index contributed by atoms with van der Waals surface area (Å²) in [6.45, 7) is 0. The number of hydrogen-bond donors (Lipinski definition) is 1. The summed E-state index contributed by atoms with van der Waals surface area (Å²) in [4.78, 5) is 0. The van der Waals surface area contributed by atoms with Gasteiger partial charge in [0.15, 0.2) is 0 Å². The van der Waals surface area contributed by atoms with Crippen molar-refractivity contribution in [2.24, 2.45) is 0 Å². The summed E-state index contributed by atoms with van der Waals surface area (Å²) in [5.74, 6) is 0.818. The Kier molecular flexibility index (Phi) is 4.63. The summed E-state index contributed by atoms with van der Waals surface area (Å²) in [7, 11) is -5.84. The maximum absolute atomic E-state index is 10.7. The number of hydrogen-bond acceptors (Lipinski definition) is 2. The van der Waals surface area contributed by atoms with Crippen molar-refractivity contribution in [1.29, 1.82) is 0 Å². The third-order valence-electron chi connectivity index (χ3n) is 2.19. The number of rotatable bonds is 1. The zero-order valence-corrected chi connectivity index (χ0v) is 10.6. The standard InChI is InChI=1S/C9H9Cl.CHF3O3S/c10-9-3-1-2-8(6-9)7-4-5-7;2-1(3,4)8(5,6)7/h1-3,6-7H,4-5H2;(H,5,6,7). The number of benzene rings is 1. The van der Waals surface area contributed by atoms with Crippen LogP contribution in [0.3, 0.4) is 0 Å². The Morgan fingerprint density at radius 3 is 2.11 bits per heavy atom. The Bertz CT molecular complexity index is 509. The molecule has 1 fully saturated rings. The van der Waals surface area contributed by atoms with E-state index in [1.165, 1.54) is 18.4 Å². The Balaban J connectivity index is 0.000000187. The Labute approximate surface area is 107 Å². The van der Waals surface area contributed by atoms with Crippen molar-refractivity contribution < 1.29 is 26.1 Å². The van der Waals surface area contributed by atoms with Crippen LogP contribution in [-0.2, 0) is 10.1 Å². The van der Waals surface area contributed by atoms with Gasteiger partial charge in [-0.25, -0.2) is 0 Å². The highest BCUT2D eigenvalue weighted by molar-refractivity contribution is 7.86. The Morgan fingerprint density at radius 1 is 1.28 bits per heavy atom. The molecule has 0 amide bonds. The highest BCUT2D eigenvalue weighted by Gasteiger charge is 2.44. The second kappa shape index (κ2) is 5.46. The third kappa shape index (κ3) is 4.83. The molecule has 0 spiro atoms. The minimum absolute atomic E-state index is 0.818. The average molecular weight is 303 g/mol. The zero-order valence-electron chi connectivity index (χ0n) is 8.98. The van der Waals surface area contributed by atoms with Crippen LogP contribution in [0.4, 0.5) is 13.2 Å². The van der Waals surface area contributed by atoms with Gasteiger partial charge < -0.3 is 0 Å². The van der Waals surface area contributed by atoms with E-state index in [1.54, 1.807) is 0 Å². The van der Waals surface area contributed by atoms with E-state index >= 15 is 0 Å². The van der Waals surface area contributed by atoms with Crippen molar-refractivity contribution in [3.8, 4) is 0 Å². The lowest BCUT2D eigenvalue weighted by Crippen LogP contribution is -2.21. The molecule has 1 N–H and O–H groups in total. The highest BCUT2D eigenvalue weighted by atomic mass is 35.5. The maximum atomic E-state index is 10.7. The molecule has 0 heterocycles. The van der Waals surface area contributed by atoms with Crippen LogP contribution in [0.1, 0.15) is 24.3 Å². The molecule has 8 heteroatoms. The van der Waals surface area contributed by atoms with Crippen molar-refractivity contribution in [3.63, 3.8) is 0 Å². The van der Waals surface area contributed by atoms with Gasteiger partial charge in [-0.15, -0.1) is 0 Å². The molecule has 102 valence electrons. The predicted molar refractivity (Wildman–Crippen MR) is 61.0 cm³/mol. The van der Waals surface area contributed by atoms with E-state index in [2.05, 4.69) is 12.1 Å². The quantitative estimate of drug-likeness (QED) is 0.637. The van der Waals surface area contributed by atoms with Gasteiger partial charge >= 0.3 is 15.6 Å². The van der Waals surface area contributed by atoms with Gasteiger partial charge in [0.2, 0.25) is 0 Å². The highest BCUT2D eigenvalue weighted by Crippen LogP contribution is 2.40. The molecule has 0 radical (unpaired) electrons. The smallest absolute Gasteiger partial charge is 0.279 e. The molecule has 18 heavy (non-hydrogen) atoms. The van der Waals surface area contributed by atoms with Crippen LogP contribution in [-0.4, -0.2) is 18.5 Å². The average Bonchev–Trinajstić information content (AvgIpc) is 2.98. The SMILES string of the molecule is Clc1cccc(C2CC2)c1.O=S(=O)(O)C(F)(F)F. The first-order valence-electron chi connectivity index (χ1n) is 4.90. The number of alkyl halides is 3. The first-order chi connectivity index (χ1) is 8.11. The van der Waals surface area contributed by atoms with Crippen LogP contribution in [0.25, 0.3) is 0 Å². The second-order valence-electron chi connectivity index (χ2n) is 3.75. The van der Waals surface area contributed by atoms with Gasteiger partial charge in [-0.05, 0) is 36.5 Å². The molecule has 1 saturated carbocycles. The zero-order chi connectivity index (χ0) is 14.0. The van der Waals surface area contributed by atoms with Gasteiger partial charge in [-0.1, -0.05) is 23.7 Å². The van der Waals surface area contributed by atoms with E-state index < -0.39 is 15.6 Å². The first-order valence-corrected chi connectivity index (χ1v) is 6.72. The minimum atomic E-state index is -5.84. The normalized spacial score (nSPS) is 15.8. The monoisotopic (exact) mass is 302 g/mol. The van der Waals surface area contributed by atoms with E-state index in [0.29, 0.717) is 0 Å². The summed E-state index contributed by atoms with van der Waals surface area (Å²) in [6.07, 6.45) is 2.70. The topological polar surface area (TPSA) is 54.4 Å². The Morgan fingerprint density at radius 2 is 1.78 bits per heavy atom. The molecule has 0 aliphatic heterocycles. The first kappa shape index (κ1) is 15.3. The van der Waals surface area contributed by atoms with Crippen LogP contribution >= 0.6 is 11.6 Å². The van der Waals surface area contributed by atoms with Crippen LogP contribution < -0.4 is 0 Å². The van der Waals surface area contributed by atoms with Crippen molar-refractivity contribution >= 4 is 21.7 Å². The lowest BCUT2D eigenvalue weighted by Gasteiger charge is -1.97. The molecule has 1 aliphatic carbocycles. The molecule has 1 aliphatic rings. The van der Waals surface area contributed by atoms with E-state index in [4.69, 9.17) is 24.6 Å². The molecular formula is C10H10ClF3O3S. The fraction of sp³-hybridized carbons (Fsp3) is 0.400. The molecule has 0 aromatic heterocycles. The maximum Gasteiger partial charge on any atom is 0.522 e. The molecule has 2 rings (SSSR count). The van der Waals surface area contributed by atoms with E-state index in [0.717, 1.165) is 10.9 Å². The predicted octanol–water partition coefficient (Wildman–Crippen LogP) is 3.61. The molecule has 0 atom stereocenters. The summed E-state index contributed by atoms with van der Waals surface area (Å²) in [5.41, 5.74) is -4.12. The molecular weight excluding hydrogens is 293 g/mol. The molecule has 3 nitrogen and oxygen atoms in total. The lowest BCUT2D eigenvalue weighted by molar-refractivity contribution is -0.0510. The van der Waals surface area contributed by atoms with E-state index in [1.807, 2.05) is 12.1 Å². The van der Waals surface area contributed by atoms with Crippen molar-refractivity contribution in [2.75, 3.05) is 0 Å². The van der Waals surface area contributed by atoms with Gasteiger partial charge in [0, 0.05) is 5.02 Å².